The van der Waals surface area contributed by atoms with E-state index in [4.69, 9.17) is 10.5 Å². The lowest BCUT2D eigenvalue weighted by molar-refractivity contribution is -0.124. The van der Waals surface area contributed by atoms with Crippen LogP contribution in [-0.4, -0.2) is 32.2 Å². The molecule has 1 saturated heterocycles. The number of hydrogen-bond donors (Lipinski definition) is 2. The molecule has 0 saturated carbocycles. The normalized spacial score (nSPS) is 20.2. The maximum absolute atomic E-state index is 12.1. The van der Waals surface area contributed by atoms with E-state index in [0.717, 1.165) is 25.2 Å². The molecule has 1 fully saturated rings. The Hall–Kier alpha value is -1.39. The summed E-state index contributed by atoms with van der Waals surface area (Å²) in [6, 6.07) is 10.00. The van der Waals surface area contributed by atoms with Gasteiger partial charge in [-0.2, -0.15) is 0 Å². The highest BCUT2D eigenvalue weighted by molar-refractivity contribution is 5.79. The number of nitrogens with two attached hydrogens (primary N) is 1. The van der Waals surface area contributed by atoms with Gasteiger partial charge in [-0.15, -0.1) is 0 Å². The SMILES string of the molecule is NCC(Cc1ccccc1)C(=O)NCC1CCOC1. The molecule has 1 aliphatic rings. The molecule has 1 heterocycles. The molecule has 1 aromatic carbocycles. The summed E-state index contributed by atoms with van der Waals surface area (Å²) in [6.07, 6.45) is 1.73. The second kappa shape index (κ2) is 7.26. The molecule has 104 valence electrons. The minimum absolute atomic E-state index is 0.0539. The van der Waals surface area contributed by atoms with Crippen LogP contribution in [-0.2, 0) is 16.0 Å². The molecule has 0 bridgehead atoms. The van der Waals surface area contributed by atoms with E-state index in [0.29, 0.717) is 25.4 Å². The number of hydrogen-bond acceptors (Lipinski definition) is 3. The van der Waals surface area contributed by atoms with Crippen molar-refractivity contribution in [2.24, 2.45) is 17.6 Å². The van der Waals surface area contributed by atoms with Crippen molar-refractivity contribution >= 4 is 5.91 Å². The molecule has 4 heteroatoms. The van der Waals surface area contributed by atoms with Gasteiger partial charge in [0.1, 0.15) is 0 Å². The predicted octanol–water partition coefficient (Wildman–Crippen LogP) is 0.957. The molecule has 2 rings (SSSR count). The van der Waals surface area contributed by atoms with Crippen LogP contribution in [0.15, 0.2) is 30.3 Å². The van der Waals surface area contributed by atoms with Crippen LogP contribution in [0.2, 0.25) is 0 Å². The average Bonchev–Trinajstić information content (AvgIpc) is 2.96. The number of carbonyl (C=O) groups excluding carboxylic acids is 1. The Labute approximate surface area is 114 Å². The zero-order chi connectivity index (χ0) is 13.5. The Morgan fingerprint density at radius 2 is 2.21 bits per heavy atom. The summed E-state index contributed by atoms with van der Waals surface area (Å²) in [5, 5.41) is 3.00. The zero-order valence-corrected chi connectivity index (χ0v) is 11.2. The molecule has 2 atom stereocenters. The fourth-order valence-corrected chi connectivity index (χ4v) is 2.32. The monoisotopic (exact) mass is 262 g/mol. The van der Waals surface area contributed by atoms with Crippen LogP contribution in [0.4, 0.5) is 0 Å². The molecule has 1 amide bonds. The highest BCUT2D eigenvalue weighted by Gasteiger charge is 2.20. The summed E-state index contributed by atoms with van der Waals surface area (Å²) >= 11 is 0. The number of carbonyl (C=O) groups is 1. The Morgan fingerprint density at radius 3 is 2.84 bits per heavy atom. The van der Waals surface area contributed by atoms with Crippen LogP contribution in [0.25, 0.3) is 0 Å². The first-order valence-corrected chi connectivity index (χ1v) is 6.89. The first-order chi connectivity index (χ1) is 9.29. The van der Waals surface area contributed by atoms with Crippen molar-refractivity contribution in [2.45, 2.75) is 12.8 Å². The van der Waals surface area contributed by atoms with Gasteiger partial charge in [0.15, 0.2) is 0 Å². The molecule has 4 nitrogen and oxygen atoms in total. The van der Waals surface area contributed by atoms with E-state index in [-0.39, 0.29) is 11.8 Å². The van der Waals surface area contributed by atoms with Gasteiger partial charge in [-0.1, -0.05) is 30.3 Å². The van der Waals surface area contributed by atoms with E-state index >= 15 is 0 Å². The van der Waals surface area contributed by atoms with Gasteiger partial charge in [-0.3, -0.25) is 4.79 Å². The van der Waals surface area contributed by atoms with Crippen LogP contribution in [0.3, 0.4) is 0 Å². The third-order valence-corrected chi connectivity index (χ3v) is 3.57. The van der Waals surface area contributed by atoms with Crippen LogP contribution < -0.4 is 11.1 Å². The van der Waals surface area contributed by atoms with Crippen molar-refractivity contribution in [3.8, 4) is 0 Å². The fourth-order valence-electron chi connectivity index (χ4n) is 2.32. The van der Waals surface area contributed by atoms with Crippen molar-refractivity contribution in [2.75, 3.05) is 26.3 Å². The molecule has 0 aromatic heterocycles. The summed E-state index contributed by atoms with van der Waals surface area (Å²) in [7, 11) is 0. The lowest BCUT2D eigenvalue weighted by atomic mass is 9.98. The largest absolute Gasteiger partial charge is 0.381 e. The number of amides is 1. The van der Waals surface area contributed by atoms with Crippen molar-refractivity contribution in [1.29, 1.82) is 0 Å². The molecule has 3 N–H and O–H groups in total. The van der Waals surface area contributed by atoms with Gasteiger partial charge in [0.05, 0.1) is 12.5 Å². The van der Waals surface area contributed by atoms with Gasteiger partial charge < -0.3 is 15.8 Å². The predicted molar refractivity (Wildman–Crippen MR) is 74.6 cm³/mol. The van der Waals surface area contributed by atoms with Crippen molar-refractivity contribution < 1.29 is 9.53 Å². The van der Waals surface area contributed by atoms with E-state index in [1.165, 1.54) is 0 Å². The quantitative estimate of drug-likeness (QED) is 0.802. The van der Waals surface area contributed by atoms with Crippen LogP contribution in [0.5, 0.6) is 0 Å². The van der Waals surface area contributed by atoms with Gasteiger partial charge >= 0.3 is 0 Å². The smallest absolute Gasteiger partial charge is 0.224 e. The average molecular weight is 262 g/mol. The van der Waals surface area contributed by atoms with Crippen molar-refractivity contribution in [3.63, 3.8) is 0 Å². The molecular formula is C15H22N2O2. The summed E-state index contributed by atoms with van der Waals surface area (Å²) in [4.78, 5) is 12.1. The molecule has 1 aromatic rings. The lowest BCUT2D eigenvalue weighted by Gasteiger charge is -2.16. The van der Waals surface area contributed by atoms with E-state index in [1.807, 2.05) is 30.3 Å². The molecule has 1 aliphatic heterocycles. The fraction of sp³-hybridized carbons (Fsp3) is 0.533. The number of ether oxygens (including phenoxy) is 1. The van der Waals surface area contributed by atoms with Crippen LogP contribution >= 0.6 is 0 Å². The maximum atomic E-state index is 12.1. The topological polar surface area (TPSA) is 64.4 Å². The third kappa shape index (κ3) is 4.33. The first kappa shape index (κ1) is 14.0. The molecular weight excluding hydrogens is 240 g/mol. The number of benzene rings is 1. The molecule has 19 heavy (non-hydrogen) atoms. The third-order valence-electron chi connectivity index (χ3n) is 3.57. The highest BCUT2D eigenvalue weighted by Crippen LogP contribution is 2.12. The Kier molecular flexibility index (Phi) is 5.36. The molecule has 0 aliphatic carbocycles. The molecule has 0 spiro atoms. The van der Waals surface area contributed by atoms with E-state index < -0.39 is 0 Å². The highest BCUT2D eigenvalue weighted by atomic mass is 16.5. The number of nitrogens with one attached hydrogen (secondary N) is 1. The first-order valence-electron chi connectivity index (χ1n) is 6.89. The van der Waals surface area contributed by atoms with Crippen molar-refractivity contribution in [1.82, 2.24) is 5.32 Å². The van der Waals surface area contributed by atoms with Gasteiger partial charge in [0.25, 0.3) is 0 Å². The second-order valence-corrected chi connectivity index (χ2v) is 5.10. The lowest BCUT2D eigenvalue weighted by Crippen LogP contribution is -2.38. The molecule has 0 radical (unpaired) electrons. The van der Waals surface area contributed by atoms with Crippen LogP contribution in [0.1, 0.15) is 12.0 Å². The maximum Gasteiger partial charge on any atom is 0.224 e. The Balaban J connectivity index is 1.81. The van der Waals surface area contributed by atoms with E-state index in [2.05, 4.69) is 5.32 Å². The van der Waals surface area contributed by atoms with Crippen LogP contribution in [0, 0.1) is 11.8 Å². The van der Waals surface area contributed by atoms with Gasteiger partial charge in [0.2, 0.25) is 5.91 Å². The van der Waals surface area contributed by atoms with Gasteiger partial charge in [0, 0.05) is 25.6 Å². The van der Waals surface area contributed by atoms with Crippen molar-refractivity contribution in [3.05, 3.63) is 35.9 Å². The summed E-state index contributed by atoms with van der Waals surface area (Å²) in [5.74, 6) is 0.363. The summed E-state index contributed by atoms with van der Waals surface area (Å²) in [5.41, 5.74) is 6.87. The summed E-state index contributed by atoms with van der Waals surface area (Å²) < 4.78 is 5.30. The molecule has 2 unspecified atom stereocenters. The standard InChI is InChI=1S/C15H22N2O2/c16-9-14(8-12-4-2-1-3-5-12)15(18)17-10-13-6-7-19-11-13/h1-5,13-14H,6-11,16H2,(H,17,18). The summed E-state index contributed by atoms with van der Waals surface area (Å²) in [6.45, 7) is 2.64. The minimum atomic E-state index is -0.148. The minimum Gasteiger partial charge on any atom is -0.381 e. The zero-order valence-electron chi connectivity index (χ0n) is 11.2. The number of rotatable bonds is 6. The van der Waals surface area contributed by atoms with Gasteiger partial charge in [-0.05, 0) is 18.4 Å². The second-order valence-electron chi connectivity index (χ2n) is 5.10. The van der Waals surface area contributed by atoms with E-state index in [1.54, 1.807) is 0 Å². The van der Waals surface area contributed by atoms with Gasteiger partial charge in [-0.25, -0.2) is 0 Å². The van der Waals surface area contributed by atoms with E-state index in [9.17, 15) is 4.79 Å². The Bertz CT molecular complexity index is 388. The Morgan fingerprint density at radius 1 is 1.42 bits per heavy atom.